The topological polar surface area (TPSA) is 29.3 Å². The van der Waals surface area contributed by atoms with E-state index >= 15 is 0 Å². The van der Waals surface area contributed by atoms with Crippen LogP contribution in [0, 0.1) is 0 Å². The molecule has 0 saturated carbocycles. The number of nitrogens with zero attached hydrogens (tertiary/aromatic N) is 1. The zero-order valence-corrected chi connectivity index (χ0v) is 11.5. The first kappa shape index (κ1) is 16.3. The van der Waals surface area contributed by atoms with Crippen LogP contribution in [0.2, 0.25) is 5.02 Å². The summed E-state index contributed by atoms with van der Waals surface area (Å²) in [7, 11) is 1.66. The van der Waals surface area contributed by atoms with Crippen LogP contribution >= 0.6 is 11.6 Å². The van der Waals surface area contributed by atoms with Gasteiger partial charge in [0.15, 0.2) is 0 Å². The van der Waals surface area contributed by atoms with Crippen LogP contribution in [0.15, 0.2) is 24.3 Å². The normalized spacial score (nSPS) is 13.8. The van der Waals surface area contributed by atoms with Crippen molar-refractivity contribution >= 4 is 11.6 Å². The summed E-state index contributed by atoms with van der Waals surface area (Å²) in [6.07, 6.45) is -4.31. The molecule has 19 heavy (non-hydrogen) atoms. The minimum atomic E-state index is -4.11. The third kappa shape index (κ3) is 6.80. The maximum atomic E-state index is 12.1. The molecule has 0 aliphatic carbocycles. The summed E-state index contributed by atoms with van der Waals surface area (Å²) in [5.41, 5.74) is 6.89. The van der Waals surface area contributed by atoms with Crippen LogP contribution in [0.4, 0.5) is 13.2 Å². The van der Waals surface area contributed by atoms with Gasteiger partial charge >= 0.3 is 6.18 Å². The lowest BCUT2D eigenvalue weighted by Gasteiger charge is -2.20. The molecular weight excluding hydrogens is 277 g/mol. The van der Waals surface area contributed by atoms with Crippen molar-refractivity contribution in [3.05, 3.63) is 34.9 Å². The molecule has 0 bridgehead atoms. The van der Waals surface area contributed by atoms with Gasteiger partial charge in [0.2, 0.25) is 0 Å². The quantitative estimate of drug-likeness (QED) is 0.868. The highest BCUT2D eigenvalue weighted by atomic mass is 35.5. The second kappa shape index (κ2) is 7.12. The van der Waals surface area contributed by atoms with E-state index in [0.717, 1.165) is 5.56 Å². The molecule has 0 spiro atoms. The first-order valence-electron chi connectivity index (χ1n) is 6.04. The molecule has 6 heteroatoms. The van der Waals surface area contributed by atoms with Crippen LogP contribution in [-0.4, -0.2) is 31.2 Å². The molecule has 0 aromatic heterocycles. The van der Waals surface area contributed by atoms with Crippen molar-refractivity contribution in [1.29, 1.82) is 0 Å². The minimum Gasteiger partial charge on any atom is -0.324 e. The Morgan fingerprint density at radius 1 is 1.32 bits per heavy atom. The molecule has 2 nitrogen and oxygen atoms in total. The van der Waals surface area contributed by atoms with Crippen molar-refractivity contribution in [3.63, 3.8) is 0 Å². The van der Waals surface area contributed by atoms with Gasteiger partial charge in [-0.3, -0.25) is 0 Å². The molecule has 0 fully saturated rings. The van der Waals surface area contributed by atoms with Gasteiger partial charge in [-0.15, -0.1) is 0 Å². The number of rotatable bonds is 6. The van der Waals surface area contributed by atoms with Crippen molar-refractivity contribution in [3.8, 4) is 0 Å². The lowest BCUT2D eigenvalue weighted by Crippen LogP contribution is -2.27. The summed E-state index contributed by atoms with van der Waals surface area (Å²) < 4.78 is 36.2. The summed E-state index contributed by atoms with van der Waals surface area (Å²) >= 11 is 5.86. The van der Waals surface area contributed by atoms with Gasteiger partial charge in [-0.05, 0) is 37.7 Å². The maximum Gasteiger partial charge on any atom is 0.390 e. The fourth-order valence-corrected chi connectivity index (χ4v) is 1.89. The molecule has 1 atom stereocenters. The summed E-state index contributed by atoms with van der Waals surface area (Å²) in [5, 5.41) is 0.610. The highest BCUT2D eigenvalue weighted by Crippen LogP contribution is 2.21. The fourth-order valence-electron chi connectivity index (χ4n) is 1.69. The third-order valence-corrected chi connectivity index (χ3v) is 3.11. The lowest BCUT2D eigenvalue weighted by atomic mass is 10.0. The van der Waals surface area contributed by atoms with Gasteiger partial charge in [0.1, 0.15) is 0 Å². The molecule has 108 valence electrons. The number of nitrogens with two attached hydrogens (primary N) is 1. The molecule has 1 unspecified atom stereocenters. The standard InChI is InChI=1S/C13H18ClF3N2/c1-19(8-6-13(15,16)17)7-5-12(18)10-3-2-4-11(14)9-10/h2-4,9,12H,5-8,18H2,1H3. The fraction of sp³-hybridized carbons (Fsp3) is 0.538. The molecular formula is C13H18ClF3N2. The Morgan fingerprint density at radius 3 is 2.58 bits per heavy atom. The van der Waals surface area contributed by atoms with Crippen LogP contribution in [0.1, 0.15) is 24.4 Å². The summed E-state index contributed by atoms with van der Waals surface area (Å²) in [5.74, 6) is 0. The van der Waals surface area contributed by atoms with Gasteiger partial charge in [-0.1, -0.05) is 23.7 Å². The predicted octanol–water partition coefficient (Wildman–Crippen LogP) is 3.61. The van der Waals surface area contributed by atoms with E-state index in [9.17, 15) is 13.2 Å². The highest BCUT2D eigenvalue weighted by Gasteiger charge is 2.27. The van der Waals surface area contributed by atoms with Crippen molar-refractivity contribution < 1.29 is 13.2 Å². The number of hydrogen-bond acceptors (Lipinski definition) is 2. The molecule has 1 aromatic rings. The lowest BCUT2D eigenvalue weighted by molar-refractivity contribution is -0.137. The van der Waals surface area contributed by atoms with Gasteiger partial charge in [-0.25, -0.2) is 0 Å². The van der Waals surface area contributed by atoms with E-state index in [0.29, 0.717) is 18.0 Å². The van der Waals surface area contributed by atoms with E-state index in [4.69, 9.17) is 17.3 Å². The second-order valence-electron chi connectivity index (χ2n) is 4.62. The van der Waals surface area contributed by atoms with Crippen molar-refractivity contribution in [2.45, 2.75) is 25.1 Å². The average molecular weight is 295 g/mol. The molecule has 1 aromatic carbocycles. The molecule has 0 radical (unpaired) electrons. The summed E-state index contributed by atoms with van der Waals surface area (Å²) in [6.45, 7) is 0.509. The zero-order chi connectivity index (χ0) is 14.5. The van der Waals surface area contributed by atoms with Crippen LogP contribution in [0.5, 0.6) is 0 Å². The van der Waals surface area contributed by atoms with Gasteiger partial charge in [-0.2, -0.15) is 13.2 Å². The van der Waals surface area contributed by atoms with Gasteiger partial charge in [0, 0.05) is 17.6 Å². The molecule has 0 heterocycles. The Morgan fingerprint density at radius 2 is 2.00 bits per heavy atom. The van der Waals surface area contributed by atoms with Crippen LogP contribution in [0.3, 0.4) is 0 Å². The van der Waals surface area contributed by atoms with Gasteiger partial charge < -0.3 is 10.6 Å². The second-order valence-corrected chi connectivity index (χ2v) is 5.06. The van der Waals surface area contributed by atoms with E-state index in [1.165, 1.54) is 0 Å². The van der Waals surface area contributed by atoms with Gasteiger partial charge in [0.25, 0.3) is 0 Å². The zero-order valence-electron chi connectivity index (χ0n) is 10.8. The third-order valence-electron chi connectivity index (χ3n) is 2.88. The number of benzene rings is 1. The Balaban J connectivity index is 2.36. The van der Waals surface area contributed by atoms with Crippen LogP contribution < -0.4 is 5.73 Å². The molecule has 1 rings (SSSR count). The largest absolute Gasteiger partial charge is 0.390 e. The van der Waals surface area contributed by atoms with Crippen molar-refractivity contribution in [2.75, 3.05) is 20.1 Å². The van der Waals surface area contributed by atoms with E-state index in [-0.39, 0.29) is 12.6 Å². The van der Waals surface area contributed by atoms with Crippen LogP contribution in [0.25, 0.3) is 0 Å². The average Bonchev–Trinajstić information content (AvgIpc) is 2.32. The smallest absolute Gasteiger partial charge is 0.324 e. The molecule has 0 saturated heterocycles. The summed E-state index contributed by atoms with van der Waals surface area (Å²) in [4.78, 5) is 1.64. The first-order valence-corrected chi connectivity index (χ1v) is 6.42. The predicted molar refractivity (Wildman–Crippen MR) is 71.2 cm³/mol. The maximum absolute atomic E-state index is 12.1. The Bertz CT molecular complexity index is 396. The van der Waals surface area contributed by atoms with E-state index in [1.807, 2.05) is 12.1 Å². The molecule has 0 amide bonds. The molecule has 0 aliphatic rings. The van der Waals surface area contributed by atoms with Crippen molar-refractivity contribution in [1.82, 2.24) is 4.90 Å². The minimum absolute atomic E-state index is 0.00817. The summed E-state index contributed by atoms with van der Waals surface area (Å²) in [6, 6.07) is 7.00. The number of halogens is 4. The highest BCUT2D eigenvalue weighted by molar-refractivity contribution is 6.30. The Labute approximate surface area is 116 Å². The molecule has 2 N–H and O–H groups in total. The first-order chi connectivity index (χ1) is 8.78. The van der Waals surface area contributed by atoms with Crippen LogP contribution in [-0.2, 0) is 0 Å². The van der Waals surface area contributed by atoms with Crippen molar-refractivity contribution in [2.24, 2.45) is 5.73 Å². The van der Waals surface area contributed by atoms with Gasteiger partial charge in [0.05, 0.1) is 6.42 Å². The monoisotopic (exact) mass is 294 g/mol. The van der Waals surface area contributed by atoms with E-state index < -0.39 is 12.6 Å². The Hall–Kier alpha value is -0.780. The molecule has 0 aliphatic heterocycles. The number of alkyl halides is 3. The SMILES string of the molecule is CN(CCC(N)c1cccc(Cl)c1)CCC(F)(F)F. The Kier molecular flexibility index (Phi) is 6.10. The number of hydrogen-bond donors (Lipinski definition) is 1. The van der Waals surface area contributed by atoms with E-state index in [1.54, 1.807) is 24.1 Å². The van der Waals surface area contributed by atoms with E-state index in [2.05, 4.69) is 0 Å².